The number of hydrogen-bond acceptors (Lipinski definition) is 6. The molecule has 0 saturated carbocycles. The van der Waals surface area contributed by atoms with Gasteiger partial charge in [0, 0.05) is 10.9 Å². The van der Waals surface area contributed by atoms with Crippen LogP contribution in [-0.2, 0) is 10.0 Å². The van der Waals surface area contributed by atoms with E-state index >= 15 is 0 Å². The van der Waals surface area contributed by atoms with E-state index in [1.807, 2.05) is 6.92 Å². The molecule has 0 unspecified atom stereocenters. The third kappa shape index (κ3) is 3.34. The third-order valence-electron chi connectivity index (χ3n) is 2.09. The fourth-order valence-corrected chi connectivity index (χ4v) is 3.67. The van der Waals surface area contributed by atoms with Crippen molar-refractivity contribution in [1.82, 2.24) is 9.97 Å². The van der Waals surface area contributed by atoms with E-state index in [2.05, 4.69) is 14.7 Å². The molecule has 0 fully saturated rings. The Morgan fingerprint density at radius 2 is 2.11 bits per heavy atom. The number of sulfonamides is 1. The average Bonchev–Trinajstić information content (AvgIpc) is 2.75. The molecule has 0 aliphatic carbocycles. The zero-order valence-electron chi connectivity index (χ0n) is 10.0. The summed E-state index contributed by atoms with van der Waals surface area (Å²) in [6.45, 7) is 1.82. The number of rotatable bonds is 4. The second kappa shape index (κ2) is 5.32. The monoisotopic (exact) mass is 319 g/mol. The van der Waals surface area contributed by atoms with Gasteiger partial charge in [0.25, 0.3) is 10.0 Å². The molecule has 0 saturated heterocycles. The van der Waals surface area contributed by atoms with E-state index in [4.69, 9.17) is 16.3 Å². The highest BCUT2D eigenvalue weighted by atomic mass is 35.5. The van der Waals surface area contributed by atoms with E-state index in [9.17, 15) is 8.42 Å². The van der Waals surface area contributed by atoms with Gasteiger partial charge in [-0.25, -0.2) is 18.1 Å². The maximum Gasteiger partial charge on any atom is 0.273 e. The molecule has 0 aliphatic rings. The number of nitrogens with one attached hydrogen (secondary N) is 1. The predicted molar refractivity (Wildman–Crippen MR) is 73.5 cm³/mol. The Morgan fingerprint density at radius 1 is 1.37 bits per heavy atom. The number of ether oxygens (including phenoxy) is 1. The van der Waals surface area contributed by atoms with Gasteiger partial charge in [0.2, 0.25) is 11.8 Å². The lowest BCUT2D eigenvalue weighted by Crippen LogP contribution is -2.14. The third-order valence-corrected chi connectivity index (χ3v) is 5.10. The minimum atomic E-state index is -3.70. The summed E-state index contributed by atoms with van der Waals surface area (Å²) in [5.41, 5.74) is 0. The second-order valence-electron chi connectivity index (χ2n) is 3.53. The topological polar surface area (TPSA) is 81.2 Å². The van der Waals surface area contributed by atoms with Crippen LogP contribution in [0.25, 0.3) is 0 Å². The summed E-state index contributed by atoms with van der Waals surface area (Å²) in [7, 11) is -2.30. The largest absolute Gasteiger partial charge is 0.481 e. The van der Waals surface area contributed by atoms with Crippen LogP contribution in [0.5, 0.6) is 5.88 Å². The summed E-state index contributed by atoms with van der Waals surface area (Å²) in [4.78, 5) is 8.55. The molecule has 2 rings (SSSR count). The minimum absolute atomic E-state index is 0.0897. The van der Waals surface area contributed by atoms with Crippen LogP contribution in [0.1, 0.15) is 4.88 Å². The molecule has 19 heavy (non-hydrogen) atoms. The first-order valence-corrected chi connectivity index (χ1v) is 7.76. The fourth-order valence-electron chi connectivity index (χ4n) is 1.27. The molecule has 0 amide bonds. The zero-order valence-corrected chi connectivity index (χ0v) is 12.4. The van der Waals surface area contributed by atoms with Gasteiger partial charge < -0.3 is 4.74 Å². The van der Waals surface area contributed by atoms with Gasteiger partial charge in [-0.2, -0.15) is 4.98 Å². The Kier molecular flexibility index (Phi) is 3.93. The Bertz CT molecular complexity index is 700. The Labute approximate surface area is 119 Å². The molecule has 0 aliphatic heterocycles. The van der Waals surface area contributed by atoms with Gasteiger partial charge in [-0.05, 0) is 19.1 Å². The first kappa shape index (κ1) is 14.0. The highest BCUT2D eigenvalue weighted by Crippen LogP contribution is 2.23. The molecule has 2 aromatic heterocycles. The molecule has 6 nitrogen and oxygen atoms in total. The Morgan fingerprint density at radius 3 is 2.68 bits per heavy atom. The van der Waals surface area contributed by atoms with Gasteiger partial charge >= 0.3 is 0 Å². The zero-order chi connectivity index (χ0) is 14.0. The van der Waals surface area contributed by atoms with Crippen molar-refractivity contribution in [1.29, 1.82) is 0 Å². The molecule has 2 aromatic rings. The summed E-state index contributed by atoms with van der Waals surface area (Å²) in [5, 5.41) is 0.0897. The van der Waals surface area contributed by atoms with Crippen molar-refractivity contribution in [2.75, 3.05) is 11.8 Å². The van der Waals surface area contributed by atoms with Gasteiger partial charge in [-0.3, -0.25) is 0 Å². The number of anilines is 1. The summed E-state index contributed by atoms with van der Waals surface area (Å²) in [5.74, 6) is 0.0514. The normalized spacial score (nSPS) is 11.3. The molecular formula is C10H10ClN3O3S2. The molecule has 102 valence electrons. The van der Waals surface area contributed by atoms with E-state index in [0.29, 0.717) is 0 Å². The minimum Gasteiger partial charge on any atom is -0.481 e. The quantitative estimate of drug-likeness (QED) is 0.875. The van der Waals surface area contributed by atoms with Gasteiger partial charge in [0.05, 0.1) is 7.11 Å². The van der Waals surface area contributed by atoms with Crippen molar-refractivity contribution >= 4 is 38.9 Å². The molecule has 2 heterocycles. The molecule has 0 spiro atoms. The SMILES string of the molecule is COc1cc(Cl)nc(NS(=O)(=O)c2ccc(C)s2)n1. The Balaban J connectivity index is 2.32. The van der Waals surface area contributed by atoms with Gasteiger partial charge in [-0.1, -0.05) is 11.6 Å². The number of methoxy groups -OCH3 is 1. The lowest BCUT2D eigenvalue weighted by atomic mass is 10.5. The number of hydrogen-bond donors (Lipinski definition) is 1. The number of halogens is 1. The highest BCUT2D eigenvalue weighted by molar-refractivity contribution is 7.94. The van der Waals surface area contributed by atoms with Crippen LogP contribution in [0.4, 0.5) is 5.95 Å². The summed E-state index contributed by atoms with van der Waals surface area (Å²) < 4.78 is 31.5. The molecule has 9 heteroatoms. The van der Waals surface area contributed by atoms with Crippen LogP contribution in [0.2, 0.25) is 5.15 Å². The van der Waals surface area contributed by atoms with Crippen molar-refractivity contribution < 1.29 is 13.2 Å². The maximum atomic E-state index is 12.1. The molecular weight excluding hydrogens is 310 g/mol. The number of aryl methyl sites for hydroxylation is 1. The van der Waals surface area contributed by atoms with Crippen LogP contribution in [0, 0.1) is 6.92 Å². The second-order valence-corrected chi connectivity index (χ2v) is 7.11. The fraction of sp³-hybridized carbons (Fsp3) is 0.200. The van der Waals surface area contributed by atoms with Gasteiger partial charge in [0.1, 0.15) is 9.36 Å². The standard InChI is InChI=1S/C10H10ClN3O3S2/c1-6-3-4-9(18-6)19(15,16)14-10-12-7(11)5-8(13-10)17-2/h3-5H,1-2H3,(H,12,13,14). The number of nitrogens with zero attached hydrogens (tertiary/aromatic N) is 2. The Hall–Kier alpha value is -1.38. The van der Waals surface area contributed by atoms with E-state index in [1.165, 1.54) is 19.2 Å². The molecule has 0 atom stereocenters. The molecule has 0 bridgehead atoms. The van der Waals surface area contributed by atoms with Crippen LogP contribution < -0.4 is 9.46 Å². The lowest BCUT2D eigenvalue weighted by Gasteiger charge is -2.06. The maximum absolute atomic E-state index is 12.1. The van der Waals surface area contributed by atoms with Crippen LogP contribution in [0.3, 0.4) is 0 Å². The van der Waals surface area contributed by atoms with Crippen molar-refractivity contribution in [2.24, 2.45) is 0 Å². The summed E-state index contributed by atoms with van der Waals surface area (Å²) in [6.07, 6.45) is 0. The average molecular weight is 320 g/mol. The first-order valence-electron chi connectivity index (χ1n) is 5.08. The van der Waals surface area contributed by atoms with E-state index in [-0.39, 0.29) is 21.2 Å². The van der Waals surface area contributed by atoms with Crippen molar-refractivity contribution in [3.05, 3.63) is 28.2 Å². The van der Waals surface area contributed by atoms with Gasteiger partial charge in [0.15, 0.2) is 0 Å². The van der Waals surface area contributed by atoms with Crippen LogP contribution in [0.15, 0.2) is 22.4 Å². The molecule has 0 radical (unpaired) electrons. The van der Waals surface area contributed by atoms with Crippen molar-refractivity contribution in [3.8, 4) is 5.88 Å². The summed E-state index contributed by atoms with van der Waals surface area (Å²) in [6, 6.07) is 4.62. The molecule has 0 aromatic carbocycles. The lowest BCUT2D eigenvalue weighted by molar-refractivity contribution is 0.397. The van der Waals surface area contributed by atoms with E-state index in [0.717, 1.165) is 16.2 Å². The first-order chi connectivity index (χ1) is 8.90. The number of thiophene rings is 1. The smallest absolute Gasteiger partial charge is 0.273 e. The summed E-state index contributed by atoms with van der Waals surface area (Å²) >= 11 is 6.90. The highest BCUT2D eigenvalue weighted by Gasteiger charge is 2.18. The van der Waals surface area contributed by atoms with Crippen molar-refractivity contribution in [2.45, 2.75) is 11.1 Å². The van der Waals surface area contributed by atoms with Crippen LogP contribution in [-0.4, -0.2) is 25.5 Å². The van der Waals surface area contributed by atoms with Crippen LogP contribution >= 0.6 is 22.9 Å². The number of aromatic nitrogens is 2. The molecule has 1 N–H and O–H groups in total. The van der Waals surface area contributed by atoms with E-state index < -0.39 is 10.0 Å². The van der Waals surface area contributed by atoms with Gasteiger partial charge in [-0.15, -0.1) is 11.3 Å². The van der Waals surface area contributed by atoms with Crippen molar-refractivity contribution in [3.63, 3.8) is 0 Å². The predicted octanol–water partition coefficient (Wildman–Crippen LogP) is 2.31. The van der Waals surface area contributed by atoms with E-state index in [1.54, 1.807) is 6.07 Å².